The van der Waals surface area contributed by atoms with E-state index in [2.05, 4.69) is 23.5 Å². The fourth-order valence-corrected chi connectivity index (χ4v) is 4.21. The van der Waals surface area contributed by atoms with Gasteiger partial charge in [-0.25, -0.2) is 0 Å². The Hall–Kier alpha value is -1.00. The van der Waals surface area contributed by atoms with E-state index in [-0.39, 0.29) is 5.92 Å². The van der Waals surface area contributed by atoms with Crippen LogP contribution in [0.2, 0.25) is 0 Å². The number of thioether (sulfide) groups is 1. The van der Waals surface area contributed by atoms with Gasteiger partial charge in [0.15, 0.2) is 0 Å². The SMILES string of the molecule is CN(C(=O)C1CSc2ccccc21)C1CCNCC1. The largest absolute Gasteiger partial charge is 0.342 e. The highest BCUT2D eigenvalue weighted by atomic mass is 32.2. The van der Waals surface area contributed by atoms with Gasteiger partial charge in [0.05, 0.1) is 5.92 Å². The van der Waals surface area contributed by atoms with Gasteiger partial charge in [-0.2, -0.15) is 0 Å². The molecule has 1 fully saturated rings. The smallest absolute Gasteiger partial charge is 0.230 e. The quantitative estimate of drug-likeness (QED) is 0.897. The second-order valence-electron chi connectivity index (χ2n) is 5.33. The molecule has 4 heteroatoms. The maximum atomic E-state index is 12.7. The van der Waals surface area contributed by atoms with Crippen molar-refractivity contribution >= 4 is 17.7 Å². The highest BCUT2D eigenvalue weighted by Crippen LogP contribution is 2.40. The number of benzene rings is 1. The Morgan fingerprint density at radius 1 is 1.32 bits per heavy atom. The number of nitrogens with one attached hydrogen (secondary N) is 1. The van der Waals surface area contributed by atoms with E-state index in [1.807, 2.05) is 29.8 Å². The number of hydrogen-bond donors (Lipinski definition) is 1. The molecule has 3 nitrogen and oxygen atoms in total. The Labute approximate surface area is 118 Å². The highest BCUT2D eigenvalue weighted by molar-refractivity contribution is 7.99. The Bertz CT molecular complexity index is 471. The van der Waals surface area contributed by atoms with E-state index in [4.69, 9.17) is 0 Å². The molecule has 0 aliphatic carbocycles. The van der Waals surface area contributed by atoms with Gasteiger partial charge in [-0.3, -0.25) is 4.79 Å². The molecule has 1 amide bonds. The zero-order chi connectivity index (χ0) is 13.2. The molecule has 2 aliphatic heterocycles. The van der Waals surface area contributed by atoms with Gasteiger partial charge in [0, 0.05) is 23.7 Å². The van der Waals surface area contributed by atoms with Crippen molar-refractivity contribution in [2.75, 3.05) is 25.9 Å². The van der Waals surface area contributed by atoms with Crippen LogP contribution in [0.4, 0.5) is 0 Å². The Morgan fingerprint density at radius 2 is 2.05 bits per heavy atom. The van der Waals surface area contributed by atoms with Crippen LogP contribution in [-0.4, -0.2) is 42.7 Å². The average Bonchev–Trinajstić information content (AvgIpc) is 2.90. The molecule has 19 heavy (non-hydrogen) atoms. The lowest BCUT2D eigenvalue weighted by molar-refractivity contribution is -0.133. The lowest BCUT2D eigenvalue weighted by atomic mass is 9.97. The molecular formula is C15H20N2OS. The van der Waals surface area contributed by atoms with E-state index in [1.54, 1.807) is 0 Å². The van der Waals surface area contributed by atoms with Crippen molar-refractivity contribution in [2.24, 2.45) is 0 Å². The minimum atomic E-state index is 0.0566. The van der Waals surface area contributed by atoms with Crippen LogP contribution in [0.15, 0.2) is 29.2 Å². The highest BCUT2D eigenvalue weighted by Gasteiger charge is 2.33. The van der Waals surface area contributed by atoms with Crippen molar-refractivity contribution in [2.45, 2.75) is 29.7 Å². The number of hydrogen-bond acceptors (Lipinski definition) is 3. The van der Waals surface area contributed by atoms with Gasteiger partial charge in [-0.05, 0) is 37.6 Å². The second-order valence-corrected chi connectivity index (χ2v) is 6.39. The third kappa shape index (κ3) is 2.51. The first-order chi connectivity index (χ1) is 9.27. The molecule has 0 aromatic heterocycles. The number of nitrogens with zero attached hydrogens (tertiary/aromatic N) is 1. The van der Waals surface area contributed by atoms with Crippen molar-refractivity contribution in [3.63, 3.8) is 0 Å². The first kappa shape index (κ1) is 13.0. The summed E-state index contributed by atoms with van der Waals surface area (Å²) in [7, 11) is 1.98. The summed E-state index contributed by atoms with van der Waals surface area (Å²) in [6.07, 6.45) is 2.15. The Balaban J connectivity index is 1.74. The molecular weight excluding hydrogens is 256 g/mol. The molecule has 1 unspecified atom stereocenters. The number of amides is 1. The lowest BCUT2D eigenvalue weighted by Crippen LogP contribution is -2.45. The van der Waals surface area contributed by atoms with Gasteiger partial charge >= 0.3 is 0 Å². The summed E-state index contributed by atoms with van der Waals surface area (Å²) in [4.78, 5) is 16.0. The zero-order valence-electron chi connectivity index (χ0n) is 11.3. The molecule has 1 N–H and O–H groups in total. The zero-order valence-corrected chi connectivity index (χ0v) is 12.1. The summed E-state index contributed by atoms with van der Waals surface area (Å²) < 4.78 is 0. The summed E-state index contributed by atoms with van der Waals surface area (Å²) in [6.45, 7) is 2.05. The van der Waals surface area contributed by atoms with Crippen LogP contribution < -0.4 is 5.32 Å². The van der Waals surface area contributed by atoms with Crippen LogP contribution in [0.25, 0.3) is 0 Å². The van der Waals surface area contributed by atoms with Crippen LogP contribution in [0.1, 0.15) is 24.3 Å². The van der Waals surface area contributed by atoms with Crippen molar-refractivity contribution in [1.29, 1.82) is 0 Å². The molecule has 1 atom stereocenters. The number of likely N-dealkylation sites (N-methyl/N-ethyl adjacent to an activating group) is 1. The number of carbonyl (C=O) groups is 1. The van der Waals surface area contributed by atoms with Crippen LogP contribution in [-0.2, 0) is 4.79 Å². The van der Waals surface area contributed by atoms with Crippen molar-refractivity contribution < 1.29 is 4.79 Å². The number of fused-ring (bicyclic) bond motifs is 1. The predicted molar refractivity (Wildman–Crippen MR) is 78.6 cm³/mol. The normalized spacial score (nSPS) is 23.1. The van der Waals surface area contributed by atoms with Gasteiger partial charge < -0.3 is 10.2 Å². The maximum absolute atomic E-state index is 12.7. The summed E-state index contributed by atoms with van der Waals surface area (Å²) in [5.41, 5.74) is 1.22. The standard InChI is InChI=1S/C15H20N2OS/c1-17(11-6-8-16-9-7-11)15(18)13-10-19-14-5-3-2-4-12(13)14/h2-5,11,13,16H,6-10H2,1H3. The van der Waals surface area contributed by atoms with Gasteiger partial charge in [-0.1, -0.05) is 18.2 Å². The van der Waals surface area contributed by atoms with Gasteiger partial charge in [-0.15, -0.1) is 11.8 Å². The summed E-state index contributed by atoms with van der Waals surface area (Å²) in [6, 6.07) is 8.72. The molecule has 102 valence electrons. The first-order valence-corrected chi connectivity index (χ1v) is 7.95. The molecule has 0 radical (unpaired) electrons. The predicted octanol–water partition coefficient (Wildman–Crippen LogP) is 2.09. The molecule has 1 aromatic rings. The van der Waals surface area contributed by atoms with Crippen molar-refractivity contribution in [1.82, 2.24) is 10.2 Å². The van der Waals surface area contributed by atoms with Crippen LogP contribution >= 0.6 is 11.8 Å². The van der Waals surface area contributed by atoms with E-state index >= 15 is 0 Å². The van der Waals surface area contributed by atoms with E-state index in [0.29, 0.717) is 11.9 Å². The molecule has 1 saturated heterocycles. The number of carbonyl (C=O) groups excluding carboxylic acids is 1. The average molecular weight is 276 g/mol. The van der Waals surface area contributed by atoms with Crippen LogP contribution in [0, 0.1) is 0 Å². The molecule has 2 heterocycles. The Morgan fingerprint density at radius 3 is 2.84 bits per heavy atom. The van der Waals surface area contributed by atoms with Crippen LogP contribution in [0.5, 0.6) is 0 Å². The van der Waals surface area contributed by atoms with E-state index in [9.17, 15) is 4.79 Å². The lowest BCUT2D eigenvalue weighted by Gasteiger charge is -2.33. The van der Waals surface area contributed by atoms with E-state index in [1.165, 1.54) is 10.5 Å². The third-order valence-electron chi connectivity index (χ3n) is 4.20. The molecule has 0 spiro atoms. The first-order valence-electron chi connectivity index (χ1n) is 6.96. The van der Waals surface area contributed by atoms with Gasteiger partial charge in [0.2, 0.25) is 5.91 Å². The fraction of sp³-hybridized carbons (Fsp3) is 0.533. The van der Waals surface area contributed by atoms with E-state index < -0.39 is 0 Å². The maximum Gasteiger partial charge on any atom is 0.230 e. The van der Waals surface area contributed by atoms with Crippen molar-refractivity contribution in [3.8, 4) is 0 Å². The molecule has 0 bridgehead atoms. The molecule has 3 rings (SSSR count). The van der Waals surface area contributed by atoms with Crippen LogP contribution in [0.3, 0.4) is 0 Å². The molecule has 1 aromatic carbocycles. The van der Waals surface area contributed by atoms with E-state index in [0.717, 1.165) is 31.7 Å². The topological polar surface area (TPSA) is 32.3 Å². The number of piperidine rings is 1. The fourth-order valence-electron chi connectivity index (χ4n) is 2.99. The van der Waals surface area contributed by atoms with Gasteiger partial charge in [0.25, 0.3) is 0 Å². The summed E-state index contributed by atoms with van der Waals surface area (Å²) >= 11 is 1.81. The molecule has 2 aliphatic rings. The van der Waals surface area contributed by atoms with Gasteiger partial charge in [0.1, 0.15) is 0 Å². The Kier molecular flexibility index (Phi) is 3.80. The summed E-state index contributed by atoms with van der Waals surface area (Å²) in [5.74, 6) is 1.25. The van der Waals surface area contributed by atoms with Crippen molar-refractivity contribution in [3.05, 3.63) is 29.8 Å². The monoisotopic (exact) mass is 276 g/mol. The minimum absolute atomic E-state index is 0.0566. The summed E-state index contributed by atoms with van der Waals surface area (Å²) in [5, 5.41) is 3.35. The second kappa shape index (κ2) is 5.55. The number of rotatable bonds is 2. The molecule has 0 saturated carbocycles. The minimum Gasteiger partial charge on any atom is -0.342 e. The third-order valence-corrected chi connectivity index (χ3v) is 5.38.